The van der Waals surface area contributed by atoms with Crippen LogP contribution in [0.2, 0.25) is 5.02 Å². The molecule has 3 rings (SSSR count). The highest BCUT2D eigenvalue weighted by Gasteiger charge is 2.31. The fourth-order valence-corrected chi connectivity index (χ4v) is 3.99. The van der Waals surface area contributed by atoms with Gasteiger partial charge >= 0.3 is 6.18 Å². The van der Waals surface area contributed by atoms with Crippen molar-refractivity contribution in [2.24, 2.45) is 0 Å². The highest BCUT2D eigenvalue weighted by Crippen LogP contribution is 2.33. The lowest BCUT2D eigenvalue weighted by Crippen LogP contribution is -2.34. The first-order valence-corrected chi connectivity index (χ1v) is 11.0. The fraction of sp³-hybridized carbons (Fsp3) is 0.381. The highest BCUT2D eigenvalue weighted by molar-refractivity contribution is 7.97. The number of anilines is 1. The molecule has 1 aliphatic rings. The van der Waals surface area contributed by atoms with Gasteiger partial charge in [-0.1, -0.05) is 30.5 Å². The number of hydrogen-bond donors (Lipinski definition) is 1. The standard InChI is InChI=1S/C21H21ClF4N2O2S/c1-2-31-27-20(29)16-10-17(22)19(11-18(16)23)30-12-15-4-3-9-28(15)14-7-5-13(6-8-14)21(24,25)26/h5-8,10-11,15H,2-4,9,12H2,1H3,(H,27,29). The average molecular weight is 477 g/mol. The molecule has 31 heavy (non-hydrogen) atoms. The van der Waals surface area contributed by atoms with E-state index in [4.69, 9.17) is 16.3 Å². The lowest BCUT2D eigenvalue weighted by Gasteiger charge is -2.27. The van der Waals surface area contributed by atoms with Gasteiger partial charge in [0.05, 0.1) is 22.2 Å². The van der Waals surface area contributed by atoms with Gasteiger partial charge in [0.2, 0.25) is 0 Å². The normalized spacial score (nSPS) is 16.5. The van der Waals surface area contributed by atoms with E-state index < -0.39 is 23.5 Å². The maximum Gasteiger partial charge on any atom is 0.416 e. The van der Waals surface area contributed by atoms with Crippen LogP contribution in [0.5, 0.6) is 5.75 Å². The number of hydrogen-bond acceptors (Lipinski definition) is 4. The van der Waals surface area contributed by atoms with E-state index in [0.29, 0.717) is 18.0 Å². The van der Waals surface area contributed by atoms with Gasteiger partial charge in [-0.25, -0.2) is 4.39 Å². The molecule has 0 spiro atoms. The molecule has 0 aliphatic carbocycles. The molecule has 168 valence electrons. The minimum Gasteiger partial charge on any atom is -0.490 e. The lowest BCUT2D eigenvalue weighted by atomic mass is 10.1. The lowest BCUT2D eigenvalue weighted by molar-refractivity contribution is -0.137. The Morgan fingerprint density at radius 1 is 1.29 bits per heavy atom. The second kappa shape index (κ2) is 9.99. The molecule has 0 bridgehead atoms. The molecule has 1 fully saturated rings. The third kappa shape index (κ3) is 5.77. The van der Waals surface area contributed by atoms with E-state index in [2.05, 4.69) is 4.72 Å². The molecule has 0 saturated carbocycles. The van der Waals surface area contributed by atoms with E-state index in [-0.39, 0.29) is 29.0 Å². The molecule has 1 unspecified atom stereocenters. The Kier molecular flexibility index (Phi) is 7.59. The third-order valence-electron chi connectivity index (χ3n) is 4.91. The van der Waals surface area contributed by atoms with Crippen LogP contribution in [-0.4, -0.2) is 30.9 Å². The van der Waals surface area contributed by atoms with Crippen LogP contribution in [0.25, 0.3) is 0 Å². The van der Waals surface area contributed by atoms with E-state index in [1.807, 2.05) is 11.8 Å². The number of amides is 1. The van der Waals surface area contributed by atoms with Crippen LogP contribution in [-0.2, 0) is 6.18 Å². The van der Waals surface area contributed by atoms with Crippen molar-refractivity contribution in [3.05, 3.63) is 58.4 Å². The van der Waals surface area contributed by atoms with Crippen molar-refractivity contribution >= 4 is 35.1 Å². The van der Waals surface area contributed by atoms with E-state index in [1.165, 1.54) is 18.2 Å². The summed E-state index contributed by atoms with van der Waals surface area (Å²) in [6.45, 7) is 2.70. The van der Waals surface area contributed by atoms with E-state index >= 15 is 0 Å². The summed E-state index contributed by atoms with van der Waals surface area (Å²) in [5, 5.41) is 0.104. The van der Waals surface area contributed by atoms with Crippen molar-refractivity contribution in [1.29, 1.82) is 0 Å². The number of alkyl halides is 3. The molecule has 1 saturated heterocycles. The molecular formula is C21H21ClF4N2O2S. The molecule has 1 N–H and O–H groups in total. The molecule has 1 aliphatic heterocycles. The van der Waals surface area contributed by atoms with Gasteiger partial charge in [-0.05, 0) is 43.2 Å². The summed E-state index contributed by atoms with van der Waals surface area (Å²) in [4.78, 5) is 14.0. The molecule has 0 radical (unpaired) electrons. The summed E-state index contributed by atoms with van der Waals surface area (Å²) in [6.07, 6.45) is -2.76. The number of nitrogens with one attached hydrogen (secondary N) is 1. The summed E-state index contributed by atoms with van der Waals surface area (Å²) in [5.74, 6) is -0.584. The van der Waals surface area contributed by atoms with Gasteiger partial charge < -0.3 is 9.64 Å². The van der Waals surface area contributed by atoms with Gasteiger partial charge in [0.15, 0.2) is 0 Å². The Morgan fingerprint density at radius 2 is 2.00 bits per heavy atom. The van der Waals surface area contributed by atoms with Gasteiger partial charge in [0, 0.05) is 24.1 Å². The van der Waals surface area contributed by atoms with Gasteiger partial charge in [-0.3, -0.25) is 9.52 Å². The zero-order valence-electron chi connectivity index (χ0n) is 16.6. The van der Waals surface area contributed by atoms with Crippen molar-refractivity contribution in [2.75, 3.05) is 23.8 Å². The number of carbonyl (C=O) groups excluding carboxylic acids is 1. The molecule has 1 amide bonds. The van der Waals surface area contributed by atoms with Crippen molar-refractivity contribution in [3.63, 3.8) is 0 Å². The second-order valence-corrected chi connectivity index (χ2v) is 8.45. The number of benzene rings is 2. The van der Waals surface area contributed by atoms with Crippen LogP contribution in [0.1, 0.15) is 35.7 Å². The Balaban J connectivity index is 1.67. The Bertz CT molecular complexity index is 925. The van der Waals surface area contributed by atoms with Crippen LogP contribution < -0.4 is 14.4 Å². The highest BCUT2D eigenvalue weighted by atomic mass is 35.5. The van der Waals surface area contributed by atoms with Crippen LogP contribution in [0.3, 0.4) is 0 Å². The number of carbonyl (C=O) groups is 1. The largest absolute Gasteiger partial charge is 0.490 e. The molecule has 0 aromatic heterocycles. The van der Waals surface area contributed by atoms with Crippen LogP contribution >= 0.6 is 23.5 Å². The van der Waals surface area contributed by atoms with Gasteiger partial charge in [-0.15, -0.1) is 0 Å². The summed E-state index contributed by atoms with van der Waals surface area (Å²) in [7, 11) is 0. The van der Waals surface area contributed by atoms with Crippen LogP contribution in [0.15, 0.2) is 36.4 Å². The Morgan fingerprint density at radius 3 is 2.65 bits per heavy atom. The second-order valence-electron chi connectivity index (χ2n) is 6.97. The summed E-state index contributed by atoms with van der Waals surface area (Å²) in [5.41, 5.74) is -0.214. The maximum atomic E-state index is 14.4. The van der Waals surface area contributed by atoms with Crippen molar-refractivity contribution < 1.29 is 27.1 Å². The molecule has 1 heterocycles. The van der Waals surface area contributed by atoms with E-state index in [0.717, 1.165) is 43.0 Å². The van der Waals surface area contributed by atoms with Crippen molar-refractivity contribution in [3.8, 4) is 5.75 Å². The summed E-state index contributed by atoms with van der Waals surface area (Å²) < 4.78 is 61.0. The summed E-state index contributed by atoms with van der Waals surface area (Å²) in [6, 6.07) is 7.19. The number of ether oxygens (including phenoxy) is 1. The molecule has 2 aromatic rings. The minimum atomic E-state index is -4.38. The minimum absolute atomic E-state index is 0.0974. The zero-order valence-corrected chi connectivity index (χ0v) is 18.2. The number of nitrogens with zero attached hydrogens (tertiary/aromatic N) is 1. The topological polar surface area (TPSA) is 41.6 Å². The smallest absolute Gasteiger partial charge is 0.416 e. The molecule has 4 nitrogen and oxygen atoms in total. The third-order valence-corrected chi connectivity index (χ3v) is 5.82. The molecular weight excluding hydrogens is 456 g/mol. The van der Waals surface area contributed by atoms with Crippen molar-refractivity contribution in [2.45, 2.75) is 32.0 Å². The Hall–Kier alpha value is -2.13. The van der Waals surface area contributed by atoms with E-state index in [1.54, 1.807) is 0 Å². The predicted molar refractivity (Wildman–Crippen MR) is 114 cm³/mol. The fourth-order valence-electron chi connectivity index (χ4n) is 3.38. The quantitative estimate of drug-likeness (QED) is 0.396. The monoisotopic (exact) mass is 476 g/mol. The van der Waals surface area contributed by atoms with Crippen LogP contribution in [0, 0.1) is 5.82 Å². The van der Waals surface area contributed by atoms with Gasteiger partial charge in [-0.2, -0.15) is 13.2 Å². The first kappa shape index (κ1) is 23.5. The van der Waals surface area contributed by atoms with Gasteiger partial charge in [0.1, 0.15) is 18.2 Å². The van der Waals surface area contributed by atoms with E-state index in [9.17, 15) is 22.4 Å². The number of halogens is 5. The predicted octanol–water partition coefficient (Wildman–Crippen LogP) is 5.94. The van der Waals surface area contributed by atoms with Crippen LogP contribution in [0.4, 0.5) is 23.2 Å². The zero-order chi connectivity index (χ0) is 22.6. The molecule has 10 heteroatoms. The first-order valence-electron chi connectivity index (χ1n) is 9.68. The first-order chi connectivity index (χ1) is 14.7. The maximum absolute atomic E-state index is 14.4. The van der Waals surface area contributed by atoms with Gasteiger partial charge in [0.25, 0.3) is 5.91 Å². The molecule has 2 aromatic carbocycles. The number of rotatable bonds is 7. The van der Waals surface area contributed by atoms with Crippen molar-refractivity contribution in [1.82, 2.24) is 4.72 Å². The average Bonchev–Trinajstić information content (AvgIpc) is 3.20. The molecule has 1 atom stereocenters. The Labute approximate surface area is 187 Å². The SMILES string of the molecule is CCSNC(=O)c1cc(Cl)c(OCC2CCCN2c2ccc(C(F)(F)F)cc2)cc1F. The summed E-state index contributed by atoms with van der Waals surface area (Å²) >= 11 is 7.33.